The molecule has 0 aliphatic rings. The number of rotatable bonds is 2. The Balaban J connectivity index is 3.42. The topological polar surface area (TPSA) is 29.5 Å². The maximum atomic E-state index is 12.8. The van der Waals surface area contributed by atoms with E-state index < -0.39 is 29.7 Å². The first-order valence-electron chi connectivity index (χ1n) is 3.94. The highest BCUT2D eigenvalue weighted by atomic mass is 19.4. The van der Waals surface area contributed by atoms with Gasteiger partial charge < -0.3 is 9.84 Å². The van der Waals surface area contributed by atoms with Crippen LogP contribution in [0.1, 0.15) is 11.1 Å². The van der Waals surface area contributed by atoms with Crippen LogP contribution in [0.3, 0.4) is 0 Å². The van der Waals surface area contributed by atoms with E-state index in [4.69, 9.17) is 5.11 Å². The van der Waals surface area contributed by atoms with Crippen molar-refractivity contribution in [2.75, 3.05) is 7.11 Å². The molecule has 0 aliphatic carbocycles. The Hall–Kier alpha value is -1.30. The van der Waals surface area contributed by atoms with Crippen LogP contribution in [0.5, 0.6) is 5.75 Å². The highest BCUT2D eigenvalue weighted by Gasteiger charge is 2.35. The number of ether oxygens (including phenoxy) is 1. The summed E-state index contributed by atoms with van der Waals surface area (Å²) in [4.78, 5) is 0. The van der Waals surface area contributed by atoms with E-state index in [1.54, 1.807) is 0 Å². The van der Waals surface area contributed by atoms with Gasteiger partial charge in [-0.05, 0) is 6.07 Å². The second kappa shape index (κ2) is 4.06. The molecule has 0 atom stereocenters. The van der Waals surface area contributed by atoms with Gasteiger partial charge >= 0.3 is 6.18 Å². The molecule has 0 saturated heterocycles. The van der Waals surface area contributed by atoms with Gasteiger partial charge in [-0.2, -0.15) is 13.2 Å². The fourth-order valence-corrected chi connectivity index (χ4v) is 1.21. The zero-order valence-electron chi connectivity index (χ0n) is 7.73. The summed E-state index contributed by atoms with van der Waals surface area (Å²) in [5.74, 6) is -1.37. The summed E-state index contributed by atoms with van der Waals surface area (Å²) < 4.78 is 54.5. The lowest BCUT2D eigenvalue weighted by Gasteiger charge is -2.14. The fourth-order valence-electron chi connectivity index (χ4n) is 1.21. The van der Waals surface area contributed by atoms with Crippen LogP contribution >= 0.6 is 0 Å². The largest absolute Gasteiger partial charge is 0.496 e. The molecular weight excluding hydrogens is 216 g/mol. The van der Waals surface area contributed by atoms with Crippen molar-refractivity contribution in [3.63, 3.8) is 0 Å². The lowest BCUT2D eigenvalue weighted by molar-refractivity contribution is -0.139. The average Bonchev–Trinajstić information content (AvgIpc) is 2.15. The van der Waals surface area contributed by atoms with Gasteiger partial charge in [-0.1, -0.05) is 0 Å². The molecule has 1 aromatic carbocycles. The van der Waals surface area contributed by atoms with Crippen molar-refractivity contribution >= 4 is 0 Å². The molecular formula is C9H8F4O2. The molecule has 2 nitrogen and oxygen atoms in total. The molecule has 1 N–H and O–H groups in total. The average molecular weight is 224 g/mol. The van der Waals surface area contributed by atoms with Crippen molar-refractivity contribution in [3.05, 3.63) is 29.1 Å². The van der Waals surface area contributed by atoms with Gasteiger partial charge in [0.05, 0.1) is 19.3 Å². The fraction of sp³-hybridized carbons (Fsp3) is 0.333. The lowest BCUT2D eigenvalue weighted by atomic mass is 10.1. The van der Waals surface area contributed by atoms with Crippen molar-refractivity contribution < 1.29 is 27.4 Å². The van der Waals surface area contributed by atoms with Crippen molar-refractivity contribution in [1.82, 2.24) is 0 Å². The van der Waals surface area contributed by atoms with Crippen molar-refractivity contribution in [2.45, 2.75) is 12.8 Å². The second-order valence-electron chi connectivity index (χ2n) is 2.79. The van der Waals surface area contributed by atoms with E-state index in [0.717, 1.165) is 13.2 Å². The number of aliphatic hydroxyl groups excluding tert-OH is 1. The Morgan fingerprint density at radius 1 is 1.33 bits per heavy atom. The minimum atomic E-state index is -4.71. The summed E-state index contributed by atoms with van der Waals surface area (Å²) in [6.07, 6.45) is -4.71. The first-order valence-corrected chi connectivity index (χ1v) is 3.94. The molecule has 1 aromatic rings. The number of hydrogen-bond acceptors (Lipinski definition) is 2. The van der Waals surface area contributed by atoms with Gasteiger partial charge in [-0.3, -0.25) is 0 Å². The van der Waals surface area contributed by atoms with E-state index in [2.05, 4.69) is 4.74 Å². The second-order valence-corrected chi connectivity index (χ2v) is 2.79. The number of benzene rings is 1. The predicted molar refractivity (Wildman–Crippen MR) is 43.9 cm³/mol. The van der Waals surface area contributed by atoms with Crippen LogP contribution in [0.25, 0.3) is 0 Å². The van der Waals surface area contributed by atoms with Crippen molar-refractivity contribution in [2.24, 2.45) is 0 Å². The van der Waals surface area contributed by atoms with Gasteiger partial charge in [0.2, 0.25) is 0 Å². The molecule has 0 amide bonds. The Labute approximate surface area is 83.1 Å². The van der Waals surface area contributed by atoms with Gasteiger partial charge in [0.25, 0.3) is 0 Å². The number of hydrogen-bond donors (Lipinski definition) is 1. The maximum absolute atomic E-state index is 12.8. The molecule has 0 unspecified atom stereocenters. The number of halogens is 4. The molecule has 0 radical (unpaired) electrons. The third kappa shape index (κ3) is 2.38. The monoisotopic (exact) mass is 224 g/mol. The van der Waals surface area contributed by atoms with Crippen molar-refractivity contribution in [3.8, 4) is 5.75 Å². The highest BCUT2D eigenvalue weighted by Crippen LogP contribution is 2.36. The van der Waals surface area contributed by atoms with Gasteiger partial charge in [0.1, 0.15) is 11.6 Å². The highest BCUT2D eigenvalue weighted by molar-refractivity contribution is 5.42. The summed E-state index contributed by atoms with van der Waals surface area (Å²) >= 11 is 0. The zero-order valence-corrected chi connectivity index (χ0v) is 7.73. The van der Waals surface area contributed by atoms with Crippen LogP contribution in [0, 0.1) is 5.82 Å². The standard InChI is InChI=1S/C9H8F4O2/c1-15-8-3-5(10)2-7(6(8)4-14)9(11,12)13/h2-3,14H,4H2,1H3. The van der Waals surface area contributed by atoms with Crippen LogP contribution < -0.4 is 4.74 Å². The summed E-state index contributed by atoms with van der Waals surface area (Å²) in [5, 5.41) is 8.78. The quantitative estimate of drug-likeness (QED) is 0.781. The number of alkyl halides is 3. The molecule has 84 valence electrons. The van der Waals surface area contributed by atoms with Crippen LogP contribution in [-0.2, 0) is 12.8 Å². The number of aliphatic hydroxyl groups is 1. The third-order valence-corrected chi connectivity index (χ3v) is 1.86. The first-order chi connectivity index (χ1) is 6.90. The SMILES string of the molecule is COc1cc(F)cc(C(F)(F)F)c1CO. The first kappa shape index (κ1) is 11.8. The summed E-state index contributed by atoms with van der Waals surface area (Å²) in [6, 6.07) is 1.12. The van der Waals surface area contributed by atoms with Gasteiger partial charge in [0, 0.05) is 11.6 Å². The summed E-state index contributed by atoms with van der Waals surface area (Å²) in [5.41, 5.74) is -1.69. The maximum Gasteiger partial charge on any atom is 0.417 e. The lowest BCUT2D eigenvalue weighted by Crippen LogP contribution is -2.11. The summed E-state index contributed by atoms with van der Waals surface area (Å²) in [7, 11) is 1.11. The van der Waals surface area contributed by atoms with E-state index in [-0.39, 0.29) is 5.75 Å². The van der Waals surface area contributed by atoms with Gasteiger partial charge in [0.15, 0.2) is 0 Å². The molecule has 0 bridgehead atoms. The van der Waals surface area contributed by atoms with Crippen LogP contribution in [0.15, 0.2) is 12.1 Å². The van der Waals surface area contributed by atoms with E-state index in [9.17, 15) is 17.6 Å². The number of methoxy groups -OCH3 is 1. The molecule has 0 heterocycles. The van der Waals surface area contributed by atoms with Crippen LogP contribution in [0.4, 0.5) is 17.6 Å². The Kier molecular flexibility index (Phi) is 3.18. The predicted octanol–water partition coefficient (Wildman–Crippen LogP) is 2.35. The van der Waals surface area contributed by atoms with Crippen molar-refractivity contribution in [1.29, 1.82) is 0 Å². The smallest absolute Gasteiger partial charge is 0.417 e. The molecule has 1 rings (SSSR count). The molecule has 6 heteroatoms. The molecule has 15 heavy (non-hydrogen) atoms. The van der Waals surface area contributed by atoms with E-state index in [1.807, 2.05) is 0 Å². The van der Waals surface area contributed by atoms with Crippen LogP contribution in [-0.4, -0.2) is 12.2 Å². The summed E-state index contributed by atoms with van der Waals surface area (Å²) in [6.45, 7) is -0.863. The zero-order chi connectivity index (χ0) is 11.6. The minimum Gasteiger partial charge on any atom is -0.496 e. The van der Waals surface area contributed by atoms with Gasteiger partial charge in [-0.25, -0.2) is 4.39 Å². The molecule has 0 saturated carbocycles. The Morgan fingerprint density at radius 2 is 1.93 bits per heavy atom. The Bertz CT molecular complexity index is 360. The molecule has 0 aromatic heterocycles. The van der Waals surface area contributed by atoms with E-state index in [1.165, 1.54) is 0 Å². The molecule has 0 fully saturated rings. The van der Waals surface area contributed by atoms with Gasteiger partial charge in [-0.15, -0.1) is 0 Å². The normalized spacial score (nSPS) is 11.6. The van der Waals surface area contributed by atoms with E-state index >= 15 is 0 Å². The minimum absolute atomic E-state index is 0.315. The van der Waals surface area contributed by atoms with Crippen LogP contribution in [0.2, 0.25) is 0 Å². The molecule has 0 aliphatic heterocycles. The molecule has 0 spiro atoms. The third-order valence-electron chi connectivity index (χ3n) is 1.86. The van der Waals surface area contributed by atoms with E-state index in [0.29, 0.717) is 6.07 Å². The Morgan fingerprint density at radius 3 is 2.33 bits per heavy atom.